The number of anilines is 3. The molecule has 5 rings (SSSR count). The van der Waals surface area contributed by atoms with Gasteiger partial charge in [0.25, 0.3) is 0 Å². The van der Waals surface area contributed by atoms with E-state index in [0.717, 1.165) is 35.2 Å². The van der Waals surface area contributed by atoms with Crippen LogP contribution in [0.3, 0.4) is 0 Å². The van der Waals surface area contributed by atoms with Crippen molar-refractivity contribution in [1.82, 2.24) is 15.1 Å². The molecular formula is C21H19N5O. The van der Waals surface area contributed by atoms with Gasteiger partial charge in [0.2, 0.25) is 0 Å². The van der Waals surface area contributed by atoms with Crippen LogP contribution in [0.5, 0.6) is 0 Å². The fourth-order valence-corrected chi connectivity index (χ4v) is 3.64. The van der Waals surface area contributed by atoms with Crippen molar-refractivity contribution in [2.24, 2.45) is 0 Å². The number of hydrogen-bond acceptors (Lipinski definition) is 6. The van der Waals surface area contributed by atoms with Crippen LogP contribution in [0, 0.1) is 6.92 Å². The zero-order valence-electron chi connectivity index (χ0n) is 14.9. The van der Waals surface area contributed by atoms with Gasteiger partial charge in [-0.1, -0.05) is 29.4 Å². The second-order valence-corrected chi connectivity index (χ2v) is 6.81. The standard InChI is InChI=1S/C21H19N5O/c1-13-22-21(27-26-13)23-16-8-10-18-15(12-16)7-11-20(24-18)25-19-9-6-14-4-2-3-5-17(14)19/h2-5,7-8,10-12,19H,6,9H2,1H3,(H,24,25)(H,22,23,26)/t19-/m1/s1. The van der Waals surface area contributed by atoms with E-state index in [4.69, 9.17) is 9.51 Å². The number of aromatic nitrogens is 3. The molecule has 0 bridgehead atoms. The number of fused-ring (bicyclic) bond motifs is 2. The Balaban J connectivity index is 1.37. The summed E-state index contributed by atoms with van der Waals surface area (Å²) < 4.78 is 5.10. The van der Waals surface area contributed by atoms with Crippen LogP contribution < -0.4 is 10.6 Å². The normalized spacial score (nSPS) is 15.7. The molecule has 0 saturated heterocycles. The molecule has 0 spiro atoms. The highest BCUT2D eigenvalue weighted by molar-refractivity contribution is 5.84. The van der Waals surface area contributed by atoms with E-state index in [1.165, 1.54) is 11.1 Å². The van der Waals surface area contributed by atoms with Gasteiger partial charge in [-0.25, -0.2) is 4.98 Å². The van der Waals surface area contributed by atoms with Gasteiger partial charge in [-0.15, -0.1) is 0 Å². The van der Waals surface area contributed by atoms with Gasteiger partial charge in [0.15, 0.2) is 5.82 Å². The maximum absolute atomic E-state index is 5.10. The monoisotopic (exact) mass is 357 g/mol. The van der Waals surface area contributed by atoms with Gasteiger partial charge in [-0.05, 0) is 61.2 Å². The third kappa shape index (κ3) is 3.10. The van der Waals surface area contributed by atoms with E-state index in [0.29, 0.717) is 17.9 Å². The Kier molecular flexibility index (Phi) is 3.74. The van der Waals surface area contributed by atoms with E-state index in [-0.39, 0.29) is 0 Å². The van der Waals surface area contributed by atoms with Crippen molar-refractivity contribution in [3.8, 4) is 0 Å². The Morgan fingerprint density at radius 1 is 1.04 bits per heavy atom. The quantitative estimate of drug-likeness (QED) is 0.548. The molecular weight excluding hydrogens is 338 g/mol. The van der Waals surface area contributed by atoms with E-state index >= 15 is 0 Å². The molecule has 0 amide bonds. The SMILES string of the molecule is Cc1noc(Nc2ccc3nc(N[C@@H]4CCc5ccccc54)ccc3c2)n1. The molecule has 2 N–H and O–H groups in total. The van der Waals surface area contributed by atoms with Gasteiger partial charge in [0.1, 0.15) is 5.82 Å². The van der Waals surface area contributed by atoms with Gasteiger partial charge in [0.05, 0.1) is 11.6 Å². The Morgan fingerprint density at radius 3 is 2.85 bits per heavy atom. The van der Waals surface area contributed by atoms with Gasteiger partial charge in [-0.2, -0.15) is 4.98 Å². The second kappa shape index (κ2) is 6.39. The molecule has 27 heavy (non-hydrogen) atoms. The van der Waals surface area contributed by atoms with Crippen molar-refractivity contribution < 1.29 is 4.52 Å². The lowest BCUT2D eigenvalue weighted by Gasteiger charge is -2.15. The van der Waals surface area contributed by atoms with Crippen LogP contribution in [0.15, 0.2) is 59.1 Å². The number of hydrogen-bond donors (Lipinski definition) is 2. The fourth-order valence-electron chi connectivity index (χ4n) is 3.64. The Bertz CT molecular complexity index is 1120. The van der Waals surface area contributed by atoms with Crippen LogP contribution in [0.1, 0.15) is 29.4 Å². The summed E-state index contributed by atoms with van der Waals surface area (Å²) >= 11 is 0. The third-order valence-electron chi connectivity index (χ3n) is 4.92. The summed E-state index contributed by atoms with van der Waals surface area (Å²) in [6.45, 7) is 1.79. The molecule has 0 unspecified atom stereocenters. The molecule has 0 saturated carbocycles. The Morgan fingerprint density at radius 2 is 1.96 bits per heavy atom. The third-order valence-corrected chi connectivity index (χ3v) is 4.92. The van der Waals surface area contributed by atoms with Crippen molar-refractivity contribution in [3.63, 3.8) is 0 Å². The highest BCUT2D eigenvalue weighted by Gasteiger charge is 2.21. The molecule has 1 aliphatic carbocycles. The summed E-state index contributed by atoms with van der Waals surface area (Å²) in [7, 11) is 0. The largest absolute Gasteiger partial charge is 0.363 e. The summed E-state index contributed by atoms with van der Waals surface area (Å²) in [5, 5.41) is 11.5. The minimum Gasteiger partial charge on any atom is -0.363 e. The molecule has 0 fully saturated rings. The maximum atomic E-state index is 5.10. The van der Waals surface area contributed by atoms with Crippen molar-refractivity contribution in [1.29, 1.82) is 0 Å². The lowest BCUT2D eigenvalue weighted by Crippen LogP contribution is -2.08. The van der Waals surface area contributed by atoms with E-state index in [2.05, 4.69) is 51.1 Å². The van der Waals surface area contributed by atoms with Gasteiger partial charge >= 0.3 is 6.01 Å². The number of nitrogens with one attached hydrogen (secondary N) is 2. The minimum atomic E-state index is 0.327. The van der Waals surface area contributed by atoms with Crippen LogP contribution in [0.25, 0.3) is 10.9 Å². The first-order valence-electron chi connectivity index (χ1n) is 9.07. The first kappa shape index (κ1) is 15.8. The van der Waals surface area contributed by atoms with Gasteiger partial charge in [0, 0.05) is 11.1 Å². The first-order valence-corrected chi connectivity index (χ1v) is 9.07. The molecule has 2 heterocycles. The predicted molar refractivity (Wildman–Crippen MR) is 105 cm³/mol. The maximum Gasteiger partial charge on any atom is 0.325 e. The molecule has 1 atom stereocenters. The first-order chi connectivity index (χ1) is 13.2. The zero-order valence-corrected chi connectivity index (χ0v) is 14.9. The van der Waals surface area contributed by atoms with E-state index in [1.807, 2.05) is 24.3 Å². The minimum absolute atomic E-state index is 0.327. The van der Waals surface area contributed by atoms with Crippen LogP contribution in [-0.2, 0) is 6.42 Å². The van der Waals surface area contributed by atoms with Gasteiger partial charge < -0.3 is 15.2 Å². The average molecular weight is 357 g/mol. The summed E-state index contributed by atoms with van der Waals surface area (Å²) in [4.78, 5) is 8.94. The molecule has 4 aromatic rings. The smallest absolute Gasteiger partial charge is 0.325 e. The number of nitrogens with zero attached hydrogens (tertiary/aromatic N) is 3. The molecule has 6 nitrogen and oxygen atoms in total. The zero-order chi connectivity index (χ0) is 18.2. The molecule has 1 aliphatic rings. The Hall–Kier alpha value is -3.41. The summed E-state index contributed by atoms with van der Waals surface area (Å²) in [6.07, 6.45) is 2.22. The highest BCUT2D eigenvalue weighted by atomic mass is 16.5. The van der Waals surface area contributed by atoms with E-state index in [1.54, 1.807) is 6.92 Å². The molecule has 2 aromatic carbocycles. The number of aryl methyl sites for hydroxylation is 2. The highest BCUT2D eigenvalue weighted by Crippen LogP contribution is 2.33. The van der Waals surface area contributed by atoms with Crippen LogP contribution in [0.2, 0.25) is 0 Å². The van der Waals surface area contributed by atoms with Crippen molar-refractivity contribution in [2.75, 3.05) is 10.6 Å². The topological polar surface area (TPSA) is 75.9 Å². The van der Waals surface area contributed by atoms with E-state index < -0.39 is 0 Å². The molecule has 2 aromatic heterocycles. The molecule has 0 aliphatic heterocycles. The van der Waals surface area contributed by atoms with Gasteiger partial charge in [-0.3, -0.25) is 0 Å². The lowest BCUT2D eigenvalue weighted by molar-refractivity contribution is 0.428. The second-order valence-electron chi connectivity index (χ2n) is 6.81. The lowest BCUT2D eigenvalue weighted by atomic mass is 10.1. The summed E-state index contributed by atoms with van der Waals surface area (Å²) in [6, 6.07) is 19.4. The Labute approximate surface area is 156 Å². The van der Waals surface area contributed by atoms with Crippen LogP contribution in [-0.4, -0.2) is 15.1 Å². The number of rotatable bonds is 4. The predicted octanol–water partition coefficient (Wildman–Crippen LogP) is 4.77. The average Bonchev–Trinajstić information content (AvgIpc) is 3.28. The number of pyridine rings is 1. The molecule has 0 radical (unpaired) electrons. The summed E-state index contributed by atoms with van der Waals surface area (Å²) in [5.74, 6) is 1.50. The molecule has 6 heteroatoms. The van der Waals surface area contributed by atoms with Crippen molar-refractivity contribution >= 4 is 28.4 Å². The van der Waals surface area contributed by atoms with Crippen molar-refractivity contribution in [3.05, 3.63) is 71.5 Å². The number of benzene rings is 2. The van der Waals surface area contributed by atoms with Crippen LogP contribution in [0.4, 0.5) is 17.5 Å². The van der Waals surface area contributed by atoms with Crippen LogP contribution >= 0.6 is 0 Å². The molecule has 134 valence electrons. The van der Waals surface area contributed by atoms with Crippen molar-refractivity contribution in [2.45, 2.75) is 25.8 Å². The summed E-state index contributed by atoms with van der Waals surface area (Å²) in [5.41, 5.74) is 4.65. The van der Waals surface area contributed by atoms with E-state index in [9.17, 15) is 0 Å². The fraction of sp³-hybridized carbons (Fsp3) is 0.190.